The first kappa shape index (κ1) is 23.5. The Morgan fingerprint density at radius 1 is 1.11 bits per heavy atom. The maximum atomic E-state index is 13.7. The molecule has 37 heavy (non-hydrogen) atoms. The smallest absolute Gasteiger partial charge is 0.274 e. The molecule has 4 aromatic rings. The summed E-state index contributed by atoms with van der Waals surface area (Å²) in [6.07, 6.45) is 9.40. The van der Waals surface area contributed by atoms with Crippen LogP contribution in [0, 0.1) is 5.92 Å². The molecular weight excluding hydrogens is 471 g/mol. The number of carbonyl (C=O) groups excluding carboxylic acids is 1. The molecule has 0 spiro atoms. The fraction of sp³-hybridized carbons (Fsp3) is 0.393. The van der Waals surface area contributed by atoms with E-state index in [9.17, 15) is 14.0 Å². The van der Waals surface area contributed by atoms with Gasteiger partial charge in [-0.1, -0.05) is 43.5 Å². The molecule has 2 atom stereocenters. The van der Waals surface area contributed by atoms with Crippen molar-refractivity contribution in [2.45, 2.75) is 51.0 Å². The highest BCUT2D eigenvalue weighted by Crippen LogP contribution is 2.34. The summed E-state index contributed by atoms with van der Waals surface area (Å²) in [5.41, 5.74) is 3.13. The first-order valence-electron chi connectivity index (χ1n) is 13.0. The molecule has 4 heterocycles. The molecule has 0 radical (unpaired) electrons. The first-order chi connectivity index (χ1) is 18.0. The topological polar surface area (TPSA) is 96.2 Å². The van der Waals surface area contributed by atoms with Crippen LogP contribution in [0.3, 0.4) is 0 Å². The fourth-order valence-corrected chi connectivity index (χ4v) is 5.63. The number of aromatic nitrogens is 5. The zero-order valence-corrected chi connectivity index (χ0v) is 20.7. The number of alkyl halides is 1. The second kappa shape index (κ2) is 9.53. The van der Waals surface area contributed by atoms with E-state index in [1.165, 1.54) is 48.2 Å². The number of H-pyrrole nitrogens is 1. The van der Waals surface area contributed by atoms with Crippen molar-refractivity contribution in [3.05, 3.63) is 70.3 Å². The number of benzene rings is 1. The van der Waals surface area contributed by atoms with E-state index in [-0.39, 0.29) is 46.2 Å². The minimum absolute atomic E-state index is 0.195. The highest BCUT2D eigenvalue weighted by Gasteiger charge is 2.41. The second-order valence-corrected chi connectivity index (χ2v) is 10.1. The van der Waals surface area contributed by atoms with Crippen LogP contribution in [-0.2, 0) is 0 Å². The van der Waals surface area contributed by atoms with Crippen molar-refractivity contribution < 1.29 is 9.18 Å². The summed E-state index contributed by atoms with van der Waals surface area (Å²) < 4.78 is 14.5. The molecule has 190 valence electrons. The van der Waals surface area contributed by atoms with Gasteiger partial charge in [0.25, 0.3) is 11.5 Å². The summed E-state index contributed by atoms with van der Waals surface area (Å²) in [6, 6.07) is 11.2. The van der Waals surface area contributed by atoms with E-state index in [0.29, 0.717) is 18.2 Å². The lowest BCUT2D eigenvalue weighted by Crippen LogP contribution is -2.58. The van der Waals surface area contributed by atoms with E-state index < -0.39 is 6.67 Å². The van der Waals surface area contributed by atoms with Gasteiger partial charge in [0.05, 0.1) is 12.4 Å². The van der Waals surface area contributed by atoms with Gasteiger partial charge in [0, 0.05) is 37.0 Å². The molecule has 2 aliphatic rings. The largest absolute Gasteiger partial charge is 0.339 e. The van der Waals surface area contributed by atoms with E-state index in [0.717, 1.165) is 5.56 Å². The molecule has 1 amide bonds. The van der Waals surface area contributed by atoms with Crippen LogP contribution < -0.4 is 5.56 Å². The predicted molar refractivity (Wildman–Crippen MR) is 138 cm³/mol. The van der Waals surface area contributed by atoms with Crippen molar-refractivity contribution in [3.63, 3.8) is 0 Å². The lowest BCUT2D eigenvalue weighted by atomic mass is 9.84. The first-order valence-corrected chi connectivity index (χ1v) is 13.0. The second-order valence-electron chi connectivity index (χ2n) is 10.1. The number of likely N-dealkylation sites (tertiary alicyclic amines) is 1. The molecule has 3 aromatic heterocycles. The summed E-state index contributed by atoms with van der Waals surface area (Å²) in [4.78, 5) is 40.3. The SMILES string of the molecule is CC1C(CF)CN1C(=O)c1c(-c2ncccn2)nn2c(=O)cc(-c3ccc(C4CCCCC4)cc3)[nH]c12. The number of amides is 1. The van der Waals surface area contributed by atoms with Crippen molar-refractivity contribution >= 4 is 11.6 Å². The van der Waals surface area contributed by atoms with Crippen molar-refractivity contribution in [2.24, 2.45) is 5.92 Å². The Morgan fingerprint density at radius 3 is 2.51 bits per heavy atom. The quantitative estimate of drug-likeness (QED) is 0.431. The van der Waals surface area contributed by atoms with Gasteiger partial charge >= 0.3 is 0 Å². The van der Waals surface area contributed by atoms with Gasteiger partial charge in [-0.2, -0.15) is 9.61 Å². The van der Waals surface area contributed by atoms with Crippen molar-refractivity contribution in [1.82, 2.24) is 29.5 Å². The van der Waals surface area contributed by atoms with Crippen molar-refractivity contribution in [2.75, 3.05) is 13.2 Å². The summed E-state index contributed by atoms with van der Waals surface area (Å²) in [5, 5.41) is 4.44. The summed E-state index contributed by atoms with van der Waals surface area (Å²) in [6.45, 7) is 1.67. The predicted octanol–water partition coefficient (Wildman–Crippen LogP) is 4.62. The zero-order valence-electron chi connectivity index (χ0n) is 20.7. The summed E-state index contributed by atoms with van der Waals surface area (Å²) >= 11 is 0. The van der Waals surface area contributed by atoms with Gasteiger partial charge < -0.3 is 9.88 Å². The molecular formula is C28H29FN6O2. The zero-order chi connectivity index (χ0) is 25.5. The van der Waals surface area contributed by atoms with Crippen LogP contribution in [0.5, 0.6) is 0 Å². The van der Waals surface area contributed by atoms with E-state index in [1.807, 2.05) is 19.1 Å². The summed E-state index contributed by atoms with van der Waals surface area (Å²) in [5.74, 6) is 0.314. The Labute approximate surface area is 213 Å². The highest BCUT2D eigenvalue weighted by molar-refractivity contribution is 6.05. The molecule has 6 rings (SSSR count). The van der Waals surface area contributed by atoms with E-state index in [2.05, 4.69) is 32.2 Å². The fourth-order valence-electron chi connectivity index (χ4n) is 5.63. The number of halogens is 1. The summed E-state index contributed by atoms with van der Waals surface area (Å²) in [7, 11) is 0. The maximum Gasteiger partial charge on any atom is 0.274 e. The number of fused-ring (bicyclic) bond motifs is 1. The lowest BCUT2D eigenvalue weighted by Gasteiger charge is -2.45. The third-order valence-electron chi connectivity index (χ3n) is 7.97. The Kier molecular flexibility index (Phi) is 6.06. The Morgan fingerprint density at radius 2 is 1.84 bits per heavy atom. The number of nitrogens with one attached hydrogen (secondary N) is 1. The Balaban J connectivity index is 1.44. The Hall–Kier alpha value is -3.88. The average molecular weight is 501 g/mol. The minimum Gasteiger partial charge on any atom is -0.339 e. The lowest BCUT2D eigenvalue weighted by molar-refractivity contribution is 0.0142. The standard InChI is InChI=1S/C28H29FN6O2/c1-17-21(15-29)16-34(17)28(37)24-25(26-30-12-5-13-31-26)33-35-23(36)14-22(32-27(24)35)20-10-8-19(9-11-20)18-6-3-2-4-7-18/h5,8-14,17-18,21,32H,2-4,6-7,15-16H2,1H3. The molecule has 1 aliphatic carbocycles. The third kappa shape index (κ3) is 4.12. The van der Waals surface area contributed by atoms with Crippen LogP contribution >= 0.6 is 0 Å². The van der Waals surface area contributed by atoms with Gasteiger partial charge in [-0.05, 0) is 42.9 Å². The number of nitrogens with zero attached hydrogens (tertiary/aromatic N) is 5. The molecule has 2 unspecified atom stereocenters. The van der Waals surface area contributed by atoms with Crippen LogP contribution in [0.15, 0.2) is 53.6 Å². The molecule has 1 aromatic carbocycles. The molecule has 1 saturated carbocycles. The Bertz CT molecular complexity index is 1490. The number of carbonyl (C=O) groups is 1. The number of hydrogen-bond acceptors (Lipinski definition) is 5. The highest BCUT2D eigenvalue weighted by atomic mass is 19.1. The van der Waals surface area contributed by atoms with Gasteiger partial charge in [-0.3, -0.25) is 14.0 Å². The van der Waals surface area contributed by atoms with E-state index >= 15 is 0 Å². The van der Waals surface area contributed by atoms with Crippen molar-refractivity contribution in [3.8, 4) is 22.8 Å². The van der Waals surface area contributed by atoms with Crippen LogP contribution in [0.2, 0.25) is 0 Å². The van der Waals surface area contributed by atoms with Crippen molar-refractivity contribution in [1.29, 1.82) is 0 Å². The van der Waals surface area contributed by atoms with Crippen LogP contribution in [0.4, 0.5) is 4.39 Å². The monoisotopic (exact) mass is 500 g/mol. The molecule has 9 heteroatoms. The van der Waals surface area contributed by atoms with Crippen LogP contribution in [-0.4, -0.2) is 54.6 Å². The van der Waals surface area contributed by atoms with E-state index in [4.69, 9.17) is 0 Å². The molecule has 1 N–H and O–H groups in total. The molecule has 0 bridgehead atoms. The van der Waals surface area contributed by atoms with Crippen LogP contribution in [0.1, 0.15) is 60.9 Å². The van der Waals surface area contributed by atoms with Gasteiger partial charge in [-0.25, -0.2) is 9.97 Å². The van der Waals surface area contributed by atoms with Crippen LogP contribution in [0.25, 0.3) is 28.4 Å². The van der Waals surface area contributed by atoms with Gasteiger partial charge in [-0.15, -0.1) is 0 Å². The van der Waals surface area contributed by atoms with Gasteiger partial charge in [0.2, 0.25) is 0 Å². The molecule has 1 aliphatic heterocycles. The normalized spacial score (nSPS) is 20.2. The molecule has 2 fully saturated rings. The minimum atomic E-state index is -0.480. The van der Waals surface area contributed by atoms with Gasteiger partial charge in [0.1, 0.15) is 11.3 Å². The third-order valence-corrected chi connectivity index (χ3v) is 7.97. The van der Waals surface area contributed by atoms with Gasteiger partial charge in [0.15, 0.2) is 11.5 Å². The number of aromatic amines is 1. The maximum absolute atomic E-state index is 13.7. The van der Waals surface area contributed by atoms with E-state index in [1.54, 1.807) is 23.4 Å². The number of rotatable bonds is 5. The molecule has 1 saturated heterocycles. The number of hydrogen-bond donors (Lipinski definition) is 1. The average Bonchev–Trinajstić information content (AvgIpc) is 3.34. The molecule has 8 nitrogen and oxygen atoms in total.